The van der Waals surface area contributed by atoms with Crippen molar-refractivity contribution >= 4 is 5.91 Å². The second kappa shape index (κ2) is 5.46. The van der Waals surface area contributed by atoms with E-state index in [9.17, 15) is 22.4 Å². The van der Waals surface area contributed by atoms with E-state index in [-0.39, 0.29) is 11.4 Å². The molecule has 114 valence electrons. The highest BCUT2D eigenvalue weighted by Crippen LogP contribution is 2.27. The average Bonchev–Trinajstić information content (AvgIpc) is 3.08. The van der Waals surface area contributed by atoms with E-state index in [1.165, 1.54) is 0 Å². The lowest BCUT2D eigenvalue weighted by atomic mass is 10.1. The Bertz CT molecular complexity index is 611. The van der Waals surface area contributed by atoms with Crippen LogP contribution in [0, 0.1) is 0 Å². The number of amides is 1. The van der Waals surface area contributed by atoms with Gasteiger partial charge in [0.05, 0.1) is 12.2 Å². The van der Waals surface area contributed by atoms with E-state index in [1.54, 1.807) is 5.32 Å². The number of aromatic amines is 1. The molecule has 0 saturated heterocycles. The number of tetrazole rings is 1. The molecule has 0 radical (unpaired) electrons. The second-order valence-corrected chi connectivity index (χ2v) is 4.06. The van der Waals surface area contributed by atoms with Gasteiger partial charge in [-0.25, -0.2) is 8.78 Å². The molecule has 2 rings (SSSR count). The monoisotopic (exact) mass is 307 g/mol. The number of rotatable bonds is 5. The van der Waals surface area contributed by atoms with Gasteiger partial charge in [0.1, 0.15) is 11.9 Å². The summed E-state index contributed by atoms with van der Waals surface area (Å²) in [6.07, 6.45) is -1.71. The highest BCUT2D eigenvalue weighted by atomic mass is 19.3. The van der Waals surface area contributed by atoms with Gasteiger partial charge in [-0.2, -0.15) is 18.6 Å². The fourth-order valence-corrected chi connectivity index (χ4v) is 1.44. The van der Waals surface area contributed by atoms with Crippen LogP contribution in [0.5, 0.6) is 0 Å². The predicted octanol–water partition coefficient (Wildman–Crippen LogP) is 0.404. The van der Waals surface area contributed by atoms with Gasteiger partial charge in [0.15, 0.2) is 5.82 Å². The lowest BCUT2D eigenvalue weighted by molar-refractivity contribution is -0.144. The first-order valence-electron chi connectivity index (χ1n) is 5.57. The van der Waals surface area contributed by atoms with Crippen LogP contribution in [0.15, 0.2) is 12.5 Å². The molecule has 12 heteroatoms. The maximum absolute atomic E-state index is 13.1. The summed E-state index contributed by atoms with van der Waals surface area (Å²) in [6.45, 7) is 0.779. The smallest absolute Gasteiger partial charge is 0.326 e. The summed E-state index contributed by atoms with van der Waals surface area (Å²) in [7, 11) is 0. The number of carbonyl (C=O) groups is 1. The number of nitrogens with one attached hydrogen (secondary N) is 2. The lowest BCUT2D eigenvalue weighted by Gasteiger charge is -2.23. The fourth-order valence-electron chi connectivity index (χ4n) is 1.44. The van der Waals surface area contributed by atoms with Gasteiger partial charge in [0.25, 0.3) is 5.91 Å². The second-order valence-electron chi connectivity index (χ2n) is 4.06. The van der Waals surface area contributed by atoms with Gasteiger partial charge in [-0.15, -0.1) is 5.10 Å². The summed E-state index contributed by atoms with van der Waals surface area (Å²) in [5.41, 5.74) is -0.167. The zero-order valence-electron chi connectivity index (χ0n) is 10.5. The summed E-state index contributed by atoms with van der Waals surface area (Å²) in [5.74, 6) is -5.35. The molecule has 1 atom stereocenters. The molecule has 0 bridgehead atoms. The Morgan fingerprint density at radius 1 is 1.48 bits per heavy atom. The molecule has 2 heterocycles. The van der Waals surface area contributed by atoms with Crippen molar-refractivity contribution in [1.29, 1.82) is 0 Å². The molecule has 2 aromatic heterocycles. The number of H-pyrrole nitrogens is 1. The van der Waals surface area contributed by atoms with Crippen molar-refractivity contribution in [3.63, 3.8) is 0 Å². The van der Waals surface area contributed by atoms with E-state index in [4.69, 9.17) is 0 Å². The highest BCUT2D eigenvalue weighted by Gasteiger charge is 2.47. The Balaban J connectivity index is 2.17. The van der Waals surface area contributed by atoms with Gasteiger partial charge in [0, 0.05) is 0 Å². The molecule has 2 N–H and O–H groups in total. The lowest BCUT2D eigenvalue weighted by Crippen LogP contribution is -2.49. The van der Waals surface area contributed by atoms with Crippen molar-refractivity contribution in [1.82, 2.24) is 35.7 Å². The van der Waals surface area contributed by atoms with Gasteiger partial charge >= 0.3 is 12.3 Å². The minimum atomic E-state index is -4.35. The van der Waals surface area contributed by atoms with E-state index < -0.39 is 24.3 Å². The molecule has 0 aliphatic rings. The van der Waals surface area contributed by atoms with Crippen LogP contribution in [0.2, 0.25) is 0 Å². The third-order valence-electron chi connectivity index (χ3n) is 2.66. The number of alkyl halides is 4. The molecule has 0 aliphatic heterocycles. The minimum absolute atomic E-state index is 0.0186. The summed E-state index contributed by atoms with van der Waals surface area (Å²) in [5, 5.41) is 17.9. The molecule has 0 fully saturated rings. The van der Waals surface area contributed by atoms with E-state index >= 15 is 0 Å². The number of hydrogen-bond donors (Lipinski definition) is 2. The van der Waals surface area contributed by atoms with Gasteiger partial charge in [0.2, 0.25) is 0 Å². The molecule has 2 aromatic rings. The third kappa shape index (κ3) is 2.83. The van der Waals surface area contributed by atoms with Crippen LogP contribution < -0.4 is 5.32 Å². The molecular formula is C9H9F4N7O. The first kappa shape index (κ1) is 14.9. The Labute approximate surface area is 114 Å². The molecular weight excluding hydrogens is 298 g/mol. The van der Waals surface area contributed by atoms with Gasteiger partial charge in [-0.1, -0.05) is 0 Å². The van der Waals surface area contributed by atoms with E-state index in [1.807, 2.05) is 0 Å². The van der Waals surface area contributed by atoms with E-state index in [0.29, 0.717) is 0 Å². The molecule has 1 amide bonds. The van der Waals surface area contributed by atoms with Crippen molar-refractivity contribution in [3.8, 4) is 5.82 Å². The normalized spacial score (nSPS) is 13.4. The van der Waals surface area contributed by atoms with Crippen molar-refractivity contribution in [3.05, 3.63) is 18.1 Å². The number of carbonyl (C=O) groups excluding carboxylic acids is 1. The van der Waals surface area contributed by atoms with Crippen LogP contribution >= 0.6 is 0 Å². The first-order chi connectivity index (χ1) is 9.84. The molecule has 0 aliphatic carbocycles. The maximum atomic E-state index is 13.1. The summed E-state index contributed by atoms with van der Waals surface area (Å²) < 4.78 is 51.6. The van der Waals surface area contributed by atoms with Crippen LogP contribution in [0.25, 0.3) is 5.82 Å². The summed E-state index contributed by atoms with van der Waals surface area (Å²) in [6, 6.07) is -2.07. The standard InChI is InChI=1S/C9H9F4N7O/c1-4(9(12,13)8(10)11)16-7(21)5-2-14-17-6(5)20-3-15-18-19-20/h2-4,8H,1H3,(H,14,17)(H,16,21). The molecule has 0 spiro atoms. The van der Waals surface area contributed by atoms with Gasteiger partial charge in [-0.05, 0) is 17.4 Å². The Morgan fingerprint density at radius 2 is 2.19 bits per heavy atom. The Kier molecular flexibility index (Phi) is 3.86. The molecule has 1 unspecified atom stereocenters. The van der Waals surface area contributed by atoms with Crippen LogP contribution in [-0.4, -0.2) is 54.7 Å². The molecule has 0 aromatic carbocycles. The van der Waals surface area contributed by atoms with Crippen molar-refractivity contribution in [2.75, 3.05) is 0 Å². The van der Waals surface area contributed by atoms with E-state index in [2.05, 4.69) is 25.7 Å². The number of aromatic nitrogens is 6. The van der Waals surface area contributed by atoms with Crippen LogP contribution in [0.3, 0.4) is 0 Å². The number of halogens is 4. The van der Waals surface area contributed by atoms with Crippen molar-refractivity contribution in [2.45, 2.75) is 25.3 Å². The maximum Gasteiger partial charge on any atom is 0.326 e. The Morgan fingerprint density at radius 3 is 2.76 bits per heavy atom. The number of hydrogen-bond acceptors (Lipinski definition) is 5. The summed E-state index contributed by atoms with van der Waals surface area (Å²) >= 11 is 0. The average molecular weight is 307 g/mol. The molecule has 0 saturated carbocycles. The van der Waals surface area contributed by atoms with Crippen LogP contribution in [0.4, 0.5) is 17.6 Å². The summed E-state index contributed by atoms with van der Waals surface area (Å²) in [4.78, 5) is 11.9. The predicted molar refractivity (Wildman–Crippen MR) is 59.2 cm³/mol. The minimum Gasteiger partial charge on any atom is -0.343 e. The third-order valence-corrected chi connectivity index (χ3v) is 2.66. The topological polar surface area (TPSA) is 101 Å². The zero-order valence-corrected chi connectivity index (χ0v) is 10.5. The first-order valence-corrected chi connectivity index (χ1v) is 5.57. The van der Waals surface area contributed by atoms with E-state index in [0.717, 1.165) is 24.1 Å². The highest BCUT2D eigenvalue weighted by molar-refractivity contribution is 5.97. The molecule has 21 heavy (non-hydrogen) atoms. The fraction of sp³-hybridized carbons (Fsp3) is 0.444. The SMILES string of the molecule is CC(NC(=O)c1cn[nH]c1-n1cnnn1)C(F)(F)C(F)F. The number of nitrogens with zero attached hydrogens (tertiary/aromatic N) is 5. The van der Waals surface area contributed by atoms with Crippen molar-refractivity contribution in [2.24, 2.45) is 0 Å². The van der Waals surface area contributed by atoms with Gasteiger partial charge in [-0.3, -0.25) is 9.89 Å². The molecule has 8 nitrogen and oxygen atoms in total. The van der Waals surface area contributed by atoms with Gasteiger partial charge < -0.3 is 5.32 Å². The quantitative estimate of drug-likeness (QED) is 0.779. The Hall–Kier alpha value is -2.53. The van der Waals surface area contributed by atoms with Crippen LogP contribution in [0.1, 0.15) is 17.3 Å². The largest absolute Gasteiger partial charge is 0.343 e. The zero-order chi connectivity index (χ0) is 15.6. The van der Waals surface area contributed by atoms with Crippen molar-refractivity contribution < 1.29 is 22.4 Å². The van der Waals surface area contributed by atoms with Crippen LogP contribution in [-0.2, 0) is 0 Å².